The van der Waals surface area contributed by atoms with Crippen LogP contribution in [0.2, 0.25) is 0 Å². The smallest absolute Gasteiger partial charge is 0.308 e. The van der Waals surface area contributed by atoms with Gasteiger partial charge in [-0.05, 0) is 116 Å². The number of halogens is 5. The van der Waals surface area contributed by atoms with Crippen LogP contribution in [0.4, 0.5) is 22.0 Å². The van der Waals surface area contributed by atoms with E-state index in [9.17, 15) is 4.39 Å². The van der Waals surface area contributed by atoms with Crippen molar-refractivity contribution in [1.82, 2.24) is 9.13 Å². The highest BCUT2D eigenvalue weighted by Crippen LogP contribution is 2.47. The maximum atomic E-state index is 17.0. The lowest BCUT2D eigenvalue weighted by Gasteiger charge is -2.23. The molecule has 0 radical (unpaired) electrons. The van der Waals surface area contributed by atoms with Gasteiger partial charge in [-0.25, -0.2) is 8.78 Å². The molecule has 68 heavy (non-hydrogen) atoms. The average Bonchev–Trinajstić information content (AvgIpc) is 3.88. The van der Waals surface area contributed by atoms with E-state index in [4.69, 9.17) is 0 Å². The fourth-order valence-electron chi connectivity index (χ4n) is 10.1. The van der Waals surface area contributed by atoms with Crippen molar-refractivity contribution < 1.29 is 22.0 Å². The average molecular weight is 895 g/mol. The number of rotatable bonds is 5. The molecule has 0 fully saturated rings. The van der Waals surface area contributed by atoms with E-state index >= 15 is 17.6 Å². The van der Waals surface area contributed by atoms with Gasteiger partial charge >= 0.3 is 6.18 Å². The third-order valence-corrected chi connectivity index (χ3v) is 13.4. The first-order valence-electron chi connectivity index (χ1n) is 22.6. The van der Waals surface area contributed by atoms with Crippen molar-refractivity contribution in [2.24, 2.45) is 0 Å². The summed E-state index contributed by atoms with van der Waals surface area (Å²) in [6.45, 7) is 0. The van der Waals surface area contributed by atoms with Crippen LogP contribution in [0.15, 0.2) is 212 Å². The van der Waals surface area contributed by atoms with Crippen molar-refractivity contribution in [1.29, 1.82) is 0 Å². The molecule has 2 aliphatic carbocycles. The molecule has 8 aromatic carbocycles. The lowest BCUT2D eigenvalue weighted by atomic mass is 9.98. The summed E-state index contributed by atoms with van der Waals surface area (Å²) in [6, 6.07) is 49.8. The highest BCUT2D eigenvalue weighted by atomic mass is 19.4. The Kier molecular flexibility index (Phi) is 9.83. The van der Waals surface area contributed by atoms with E-state index in [0.29, 0.717) is 34.9 Å². The molecule has 0 N–H and O–H groups in total. The molecule has 0 saturated heterocycles. The summed E-state index contributed by atoms with van der Waals surface area (Å²) in [6.07, 6.45) is 12.5. The number of hydrogen-bond acceptors (Lipinski definition) is 0. The van der Waals surface area contributed by atoms with Crippen LogP contribution in [-0.4, -0.2) is 9.13 Å². The topological polar surface area (TPSA) is 9.86 Å². The molecule has 10 aromatic rings. The minimum Gasteiger partial charge on any atom is -0.308 e. The molecular formula is C61H39F5N2. The van der Waals surface area contributed by atoms with E-state index < -0.39 is 23.4 Å². The van der Waals surface area contributed by atoms with Crippen LogP contribution in [0, 0.1) is 11.6 Å². The molecule has 328 valence electrons. The van der Waals surface area contributed by atoms with Gasteiger partial charge in [0.25, 0.3) is 0 Å². The summed E-state index contributed by atoms with van der Waals surface area (Å²) in [5, 5.41) is 4.84. The summed E-state index contributed by atoms with van der Waals surface area (Å²) in [4.78, 5) is 0. The number of alkyl halides is 3. The molecule has 0 atom stereocenters. The predicted octanol–water partition coefficient (Wildman–Crippen LogP) is 15.5. The highest BCUT2D eigenvalue weighted by molar-refractivity contribution is 6.12. The molecular weight excluding hydrogens is 856 g/mol. The molecule has 0 amide bonds. The third-order valence-electron chi connectivity index (χ3n) is 13.4. The van der Waals surface area contributed by atoms with E-state index in [2.05, 4.69) is 12.2 Å². The fourth-order valence-corrected chi connectivity index (χ4v) is 10.1. The largest absolute Gasteiger partial charge is 0.420 e. The number of hydrogen-bond donors (Lipinski definition) is 0. The van der Waals surface area contributed by atoms with Gasteiger partial charge in [0.2, 0.25) is 0 Å². The molecule has 2 aromatic heterocycles. The zero-order valence-corrected chi connectivity index (χ0v) is 36.4. The van der Waals surface area contributed by atoms with Gasteiger partial charge in [-0.2, -0.15) is 13.2 Å². The first-order valence-corrected chi connectivity index (χ1v) is 22.6. The summed E-state index contributed by atoms with van der Waals surface area (Å²) >= 11 is 0. The number of benzene rings is 8. The summed E-state index contributed by atoms with van der Waals surface area (Å²) in [7, 11) is 0. The van der Waals surface area contributed by atoms with Crippen LogP contribution >= 0.6 is 0 Å². The van der Waals surface area contributed by atoms with Crippen molar-refractivity contribution in [3.63, 3.8) is 0 Å². The lowest BCUT2D eigenvalue weighted by Crippen LogP contribution is -2.17. The second-order valence-electron chi connectivity index (χ2n) is 17.4. The number of allylic oxidation sites excluding steroid dienone is 8. The normalized spacial score (nSPS) is 15.4. The Labute approximate surface area is 388 Å². The van der Waals surface area contributed by atoms with Crippen LogP contribution in [0.3, 0.4) is 0 Å². The molecule has 0 unspecified atom stereocenters. The minimum atomic E-state index is -4.94. The van der Waals surface area contributed by atoms with Crippen molar-refractivity contribution in [3.8, 4) is 44.8 Å². The second kappa shape index (κ2) is 16.2. The number of fused-ring (bicyclic) bond motifs is 6. The molecule has 0 bridgehead atoms. The quantitative estimate of drug-likeness (QED) is 0.152. The predicted molar refractivity (Wildman–Crippen MR) is 268 cm³/mol. The lowest BCUT2D eigenvalue weighted by molar-refractivity contribution is -0.137. The van der Waals surface area contributed by atoms with E-state index in [1.54, 1.807) is 9.13 Å². The Bertz CT molecular complexity index is 3760. The summed E-state index contributed by atoms with van der Waals surface area (Å²) < 4.78 is 84.5. The Morgan fingerprint density at radius 2 is 0.794 bits per heavy atom. The second-order valence-corrected chi connectivity index (χ2v) is 17.4. The Morgan fingerprint density at radius 1 is 0.368 bits per heavy atom. The zero-order valence-electron chi connectivity index (χ0n) is 36.4. The molecule has 2 nitrogen and oxygen atoms in total. The molecule has 0 saturated carbocycles. The third kappa shape index (κ3) is 7.01. The monoisotopic (exact) mass is 894 g/mol. The fraction of sp³-hybridized carbons (Fsp3) is 0.0492. The molecule has 2 heterocycles. The van der Waals surface area contributed by atoms with Crippen LogP contribution in [-0.2, 0) is 6.18 Å². The molecule has 12 rings (SSSR count). The van der Waals surface area contributed by atoms with Gasteiger partial charge in [-0.15, -0.1) is 0 Å². The Balaban J connectivity index is 1.28. The van der Waals surface area contributed by atoms with Gasteiger partial charge in [-0.1, -0.05) is 164 Å². The van der Waals surface area contributed by atoms with Gasteiger partial charge in [-0.3, -0.25) is 0 Å². The van der Waals surface area contributed by atoms with Crippen LogP contribution < -0.4 is 10.4 Å². The summed E-state index contributed by atoms with van der Waals surface area (Å²) in [5.74, 6) is -2.16. The first kappa shape index (κ1) is 41.2. The SMILES string of the molecule is Fc1ccc(-c2cc(-n3c4cc(-c5ccccc5)ccc4c4ccc(-c5ccccc5)cc43)c(C(F)(F)F)c(-n3c4cc(=C5C=CC=CC5)ccc4c4ccc(=C5C=CC=CC5)cc43)c2)cc1F. The van der Waals surface area contributed by atoms with Crippen molar-refractivity contribution in [3.05, 3.63) is 240 Å². The van der Waals surface area contributed by atoms with Crippen molar-refractivity contribution in [2.45, 2.75) is 19.0 Å². The van der Waals surface area contributed by atoms with Crippen molar-refractivity contribution in [2.75, 3.05) is 0 Å². The highest BCUT2D eigenvalue weighted by Gasteiger charge is 2.40. The van der Waals surface area contributed by atoms with Gasteiger partial charge in [0.05, 0.1) is 33.4 Å². The van der Waals surface area contributed by atoms with E-state index in [-0.39, 0.29) is 22.5 Å². The maximum Gasteiger partial charge on any atom is 0.420 e. The van der Waals surface area contributed by atoms with Crippen LogP contribution in [0.25, 0.3) is 99.5 Å². The standard InChI is InChI=1S/C61H39F5N2/c62-52-30-25-42(31-53(52)63)47-36-58(67-54-32-43(38-13-5-1-6-14-38)21-26-48(54)49-27-22-44(33-55(49)67)39-15-7-2-8-16-39)60(61(64,65)66)59(37-47)68-56-34-45(40-17-9-3-10-18-40)23-28-50(56)51-29-24-46(35-57(51)68)41-19-11-4-12-20-41/h1-17,19,21-37H,18,20H2. The Morgan fingerprint density at radius 3 is 1.22 bits per heavy atom. The van der Waals surface area contributed by atoms with E-state index in [0.717, 1.165) is 77.5 Å². The number of aromatic nitrogens is 2. The summed E-state index contributed by atoms with van der Waals surface area (Å²) in [5.41, 5.74) is 7.11. The van der Waals surface area contributed by atoms with E-state index in [1.807, 2.05) is 170 Å². The van der Waals surface area contributed by atoms with Gasteiger partial charge in [0.15, 0.2) is 11.6 Å². The molecule has 0 spiro atoms. The molecule has 0 aliphatic heterocycles. The van der Waals surface area contributed by atoms with E-state index in [1.165, 1.54) is 18.2 Å². The van der Waals surface area contributed by atoms with Gasteiger partial charge in [0, 0.05) is 21.5 Å². The van der Waals surface area contributed by atoms with Crippen LogP contribution in [0.5, 0.6) is 0 Å². The van der Waals surface area contributed by atoms with Crippen molar-refractivity contribution >= 4 is 54.8 Å². The molecule has 2 aliphatic rings. The number of nitrogens with zero attached hydrogens (tertiary/aromatic N) is 2. The Hall–Kier alpha value is -8.29. The van der Waals surface area contributed by atoms with Gasteiger partial charge in [0.1, 0.15) is 5.56 Å². The van der Waals surface area contributed by atoms with Gasteiger partial charge < -0.3 is 9.13 Å². The maximum absolute atomic E-state index is 17.0. The minimum absolute atomic E-state index is 0.148. The van der Waals surface area contributed by atoms with Crippen LogP contribution in [0.1, 0.15) is 18.4 Å². The zero-order chi connectivity index (χ0) is 46.1. The first-order chi connectivity index (χ1) is 33.2. The molecule has 7 heteroatoms.